The summed E-state index contributed by atoms with van der Waals surface area (Å²) in [6.07, 6.45) is 3.58. The molecule has 0 unspecified atom stereocenters. The molecule has 1 aromatic rings. The third-order valence-corrected chi connectivity index (χ3v) is 5.26. The van der Waals surface area contributed by atoms with Crippen LogP contribution < -0.4 is 0 Å². The van der Waals surface area contributed by atoms with E-state index in [-0.39, 0.29) is 11.4 Å². The lowest BCUT2D eigenvalue weighted by Crippen LogP contribution is -2.53. The highest BCUT2D eigenvalue weighted by Crippen LogP contribution is 2.34. The van der Waals surface area contributed by atoms with Crippen LogP contribution >= 0.6 is 0 Å². The van der Waals surface area contributed by atoms with Crippen LogP contribution in [0.1, 0.15) is 45.6 Å². The van der Waals surface area contributed by atoms with Crippen molar-refractivity contribution in [3.8, 4) is 0 Å². The first kappa shape index (κ1) is 16.7. The minimum Gasteiger partial charge on any atom is -0.297 e. The molecular weight excluding hydrogens is 287 g/mol. The Morgan fingerprint density at radius 2 is 1.61 bits per heavy atom. The zero-order valence-corrected chi connectivity index (χ0v) is 14.7. The van der Waals surface area contributed by atoms with E-state index in [1.165, 1.54) is 24.0 Å². The van der Waals surface area contributed by atoms with Crippen molar-refractivity contribution in [3.05, 3.63) is 41.2 Å². The van der Waals surface area contributed by atoms with E-state index in [2.05, 4.69) is 30.6 Å². The Morgan fingerprint density at radius 3 is 2.22 bits per heavy atom. The molecule has 3 rings (SSSR count). The van der Waals surface area contributed by atoms with Gasteiger partial charge in [-0.1, -0.05) is 17.7 Å². The molecule has 2 nitrogen and oxygen atoms in total. The molecular formula is C20H29FN2. The molecule has 0 N–H and O–H groups in total. The zero-order valence-electron chi connectivity index (χ0n) is 14.7. The summed E-state index contributed by atoms with van der Waals surface area (Å²) in [5, 5.41) is 0. The molecule has 0 atom stereocenters. The van der Waals surface area contributed by atoms with E-state index in [9.17, 15) is 4.39 Å². The lowest BCUT2D eigenvalue weighted by molar-refractivity contribution is 0.0663. The molecule has 0 spiro atoms. The monoisotopic (exact) mass is 316 g/mol. The second-order valence-electron chi connectivity index (χ2n) is 7.88. The molecule has 0 bridgehead atoms. The van der Waals surface area contributed by atoms with Gasteiger partial charge in [-0.15, -0.1) is 0 Å². The van der Waals surface area contributed by atoms with E-state index in [1.54, 1.807) is 17.7 Å². The van der Waals surface area contributed by atoms with Gasteiger partial charge in [-0.3, -0.25) is 9.80 Å². The Balaban J connectivity index is 1.65. The average Bonchev–Trinajstić information content (AvgIpc) is 2.96. The molecule has 0 aromatic heterocycles. The van der Waals surface area contributed by atoms with Gasteiger partial charge >= 0.3 is 0 Å². The molecule has 0 saturated carbocycles. The van der Waals surface area contributed by atoms with Gasteiger partial charge in [0, 0.05) is 38.3 Å². The van der Waals surface area contributed by atoms with Crippen LogP contribution in [-0.4, -0.2) is 48.1 Å². The maximum Gasteiger partial charge on any atom is 0.123 e. The summed E-state index contributed by atoms with van der Waals surface area (Å²) in [7, 11) is 0. The number of benzene rings is 1. The number of hydrogen-bond acceptors (Lipinski definition) is 2. The first-order chi connectivity index (χ1) is 10.9. The maximum atomic E-state index is 13.1. The largest absolute Gasteiger partial charge is 0.297 e. The molecule has 23 heavy (non-hydrogen) atoms. The molecule has 0 amide bonds. The minimum absolute atomic E-state index is 0.146. The molecule has 1 heterocycles. The van der Waals surface area contributed by atoms with Gasteiger partial charge in [0.05, 0.1) is 0 Å². The fourth-order valence-electron chi connectivity index (χ4n) is 3.83. The summed E-state index contributed by atoms with van der Waals surface area (Å²) in [5.74, 6) is -0.146. The Labute approximate surface area is 140 Å². The van der Waals surface area contributed by atoms with Gasteiger partial charge in [0.15, 0.2) is 0 Å². The topological polar surface area (TPSA) is 6.48 Å². The summed E-state index contributed by atoms with van der Waals surface area (Å²) < 4.78 is 13.1. The van der Waals surface area contributed by atoms with Gasteiger partial charge in [-0.25, -0.2) is 4.39 Å². The molecule has 2 aliphatic rings. The second kappa shape index (κ2) is 6.74. The van der Waals surface area contributed by atoms with Gasteiger partial charge in [0.1, 0.15) is 5.82 Å². The summed E-state index contributed by atoms with van der Waals surface area (Å²) in [6.45, 7) is 12.6. The Morgan fingerprint density at radius 1 is 0.957 bits per heavy atom. The third kappa shape index (κ3) is 4.02. The fraction of sp³-hybridized carbons (Fsp3) is 0.600. The first-order valence-electron chi connectivity index (χ1n) is 8.88. The number of piperazine rings is 1. The van der Waals surface area contributed by atoms with Gasteiger partial charge in [0.25, 0.3) is 0 Å². The van der Waals surface area contributed by atoms with Crippen LogP contribution in [0, 0.1) is 5.82 Å². The van der Waals surface area contributed by atoms with Crippen LogP contribution in [-0.2, 0) is 0 Å². The first-order valence-corrected chi connectivity index (χ1v) is 8.88. The summed E-state index contributed by atoms with van der Waals surface area (Å²) in [4.78, 5) is 5.17. The highest BCUT2D eigenvalue weighted by molar-refractivity contribution is 5.70. The quantitative estimate of drug-likeness (QED) is 0.825. The highest BCUT2D eigenvalue weighted by atomic mass is 19.1. The van der Waals surface area contributed by atoms with Gasteiger partial charge in [-0.2, -0.15) is 0 Å². The minimum atomic E-state index is -0.146. The summed E-state index contributed by atoms with van der Waals surface area (Å²) >= 11 is 0. The van der Waals surface area contributed by atoms with Crippen LogP contribution in [0.15, 0.2) is 29.8 Å². The van der Waals surface area contributed by atoms with Crippen LogP contribution in [0.5, 0.6) is 0 Å². The Hall–Kier alpha value is -1.19. The Kier molecular flexibility index (Phi) is 4.88. The lowest BCUT2D eigenvalue weighted by atomic mass is 10.0. The van der Waals surface area contributed by atoms with E-state index < -0.39 is 0 Å². The molecule has 1 aliphatic carbocycles. The molecule has 126 valence electrons. The van der Waals surface area contributed by atoms with Crippen LogP contribution in [0.3, 0.4) is 0 Å². The number of nitrogens with zero attached hydrogens (tertiary/aromatic N) is 2. The van der Waals surface area contributed by atoms with Crippen LogP contribution in [0.4, 0.5) is 4.39 Å². The van der Waals surface area contributed by atoms with Crippen molar-refractivity contribution in [1.82, 2.24) is 9.80 Å². The van der Waals surface area contributed by atoms with Gasteiger partial charge in [0.2, 0.25) is 0 Å². The van der Waals surface area contributed by atoms with Crippen LogP contribution in [0.25, 0.3) is 5.57 Å². The zero-order chi connectivity index (χ0) is 16.4. The number of halogens is 1. The summed E-state index contributed by atoms with van der Waals surface area (Å²) in [5.41, 5.74) is 4.52. The van der Waals surface area contributed by atoms with E-state index in [0.29, 0.717) is 0 Å². The predicted molar refractivity (Wildman–Crippen MR) is 94.9 cm³/mol. The van der Waals surface area contributed by atoms with E-state index in [4.69, 9.17) is 0 Å². The SMILES string of the molecule is CC(C)(C)N1CCN(CC2=C(c3ccc(F)cc3)CCC2)CC1. The molecule has 0 radical (unpaired) electrons. The van der Waals surface area contributed by atoms with E-state index in [1.807, 2.05) is 12.1 Å². The average molecular weight is 316 g/mol. The number of rotatable bonds is 3. The highest BCUT2D eigenvalue weighted by Gasteiger charge is 2.27. The normalized spacial score (nSPS) is 21.2. The molecule has 1 aromatic carbocycles. The predicted octanol–water partition coefficient (Wildman–Crippen LogP) is 4.18. The van der Waals surface area contributed by atoms with Gasteiger partial charge < -0.3 is 0 Å². The maximum absolute atomic E-state index is 13.1. The third-order valence-electron chi connectivity index (χ3n) is 5.26. The van der Waals surface area contributed by atoms with Crippen molar-refractivity contribution in [2.24, 2.45) is 0 Å². The lowest BCUT2D eigenvalue weighted by Gasteiger charge is -2.42. The van der Waals surface area contributed by atoms with Crippen molar-refractivity contribution < 1.29 is 4.39 Å². The fourth-order valence-corrected chi connectivity index (χ4v) is 3.83. The van der Waals surface area contributed by atoms with E-state index in [0.717, 1.165) is 39.1 Å². The van der Waals surface area contributed by atoms with Crippen molar-refractivity contribution in [1.29, 1.82) is 0 Å². The molecule has 1 aliphatic heterocycles. The molecule has 1 saturated heterocycles. The molecule has 1 fully saturated rings. The number of hydrogen-bond donors (Lipinski definition) is 0. The smallest absolute Gasteiger partial charge is 0.123 e. The summed E-state index contributed by atoms with van der Waals surface area (Å²) in [6, 6.07) is 7.04. The van der Waals surface area contributed by atoms with Crippen molar-refractivity contribution in [2.75, 3.05) is 32.7 Å². The van der Waals surface area contributed by atoms with Crippen molar-refractivity contribution in [3.63, 3.8) is 0 Å². The van der Waals surface area contributed by atoms with Crippen LogP contribution in [0.2, 0.25) is 0 Å². The van der Waals surface area contributed by atoms with E-state index >= 15 is 0 Å². The van der Waals surface area contributed by atoms with Crippen molar-refractivity contribution in [2.45, 2.75) is 45.6 Å². The Bertz CT molecular complexity index is 560. The number of allylic oxidation sites excluding steroid dienone is 1. The van der Waals surface area contributed by atoms with Crippen molar-refractivity contribution >= 4 is 5.57 Å². The van der Waals surface area contributed by atoms with Gasteiger partial charge in [-0.05, 0) is 63.3 Å². The second-order valence-corrected chi connectivity index (χ2v) is 7.88. The standard InChI is InChI=1S/C20H29FN2/c1-20(2,3)23-13-11-22(12-14-23)15-17-5-4-6-19(17)16-7-9-18(21)10-8-16/h7-10H,4-6,11-15H2,1-3H3. The molecule has 3 heteroatoms.